The van der Waals surface area contributed by atoms with Gasteiger partial charge in [-0.05, 0) is 25.5 Å². The van der Waals surface area contributed by atoms with Gasteiger partial charge in [-0.3, -0.25) is 0 Å². The maximum Gasteiger partial charge on any atom is 0.213 e. The number of para-hydroxylation sites is 1. The van der Waals surface area contributed by atoms with Crippen molar-refractivity contribution in [1.82, 2.24) is 5.01 Å². The second kappa shape index (κ2) is 6.27. The third-order valence-electron chi connectivity index (χ3n) is 5.45. The molecule has 0 amide bonds. The van der Waals surface area contributed by atoms with Gasteiger partial charge in [0.2, 0.25) is 6.23 Å². The number of nitrogens with zero attached hydrogens (tertiary/aromatic N) is 2. The van der Waals surface area contributed by atoms with Crippen LogP contribution in [-0.2, 0) is 0 Å². The number of hydrogen-bond donors (Lipinski definition) is 0. The molecule has 2 unspecified atom stereocenters. The third kappa shape index (κ3) is 2.80. The third-order valence-corrected chi connectivity index (χ3v) is 5.45. The Kier molecular flexibility index (Phi) is 3.75. The maximum atomic E-state index is 6.39. The molecule has 0 fully saturated rings. The van der Waals surface area contributed by atoms with Crippen LogP contribution in [0.3, 0.4) is 0 Å². The lowest BCUT2D eigenvalue weighted by molar-refractivity contribution is -0.0190. The van der Waals surface area contributed by atoms with Crippen LogP contribution in [0.5, 0.6) is 5.75 Å². The minimum Gasteiger partial charge on any atom is -0.464 e. The first-order valence-electron chi connectivity index (χ1n) is 9.44. The molecule has 0 saturated carbocycles. The van der Waals surface area contributed by atoms with Crippen molar-refractivity contribution in [2.24, 2.45) is 5.10 Å². The Morgan fingerprint density at radius 1 is 0.852 bits per heavy atom. The summed E-state index contributed by atoms with van der Waals surface area (Å²) in [5.74, 6) is 0.963. The molecular weight excluding hydrogens is 332 g/mol. The van der Waals surface area contributed by atoms with E-state index in [1.807, 2.05) is 6.07 Å². The van der Waals surface area contributed by atoms with Crippen LogP contribution in [0, 0.1) is 13.8 Å². The predicted molar refractivity (Wildman–Crippen MR) is 108 cm³/mol. The lowest BCUT2D eigenvalue weighted by Gasteiger charge is -2.38. The van der Waals surface area contributed by atoms with Gasteiger partial charge < -0.3 is 4.74 Å². The monoisotopic (exact) mass is 354 g/mol. The Balaban J connectivity index is 1.58. The molecule has 2 aliphatic rings. The van der Waals surface area contributed by atoms with E-state index in [-0.39, 0.29) is 12.3 Å². The molecule has 0 aromatic heterocycles. The summed E-state index contributed by atoms with van der Waals surface area (Å²) in [5.41, 5.74) is 7.17. The fourth-order valence-corrected chi connectivity index (χ4v) is 3.91. The zero-order valence-corrected chi connectivity index (χ0v) is 15.6. The van der Waals surface area contributed by atoms with Crippen molar-refractivity contribution in [3.05, 3.63) is 101 Å². The molecule has 3 heteroatoms. The van der Waals surface area contributed by atoms with E-state index in [2.05, 4.69) is 85.6 Å². The van der Waals surface area contributed by atoms with Crippen LogP contribution in [0.1, 0.15) is 46.5 Å². The lowest BCUT2D eigenvalue weighted by Crippen LogP contribution is -2.33. The van der Waals surface area contributed by atoms with Crippen molar-refractivity contribution in [1.29, 1.82) is 0 Å². The highest BCUT2D eigenvalue weighted by Gasteiger charge is 2.40. The van der Waals surface area contributed by atoms with Crippen LogP contribution in [0.4, 0.5) is 0 Å². The van der Waals surface area contributed by atoms with Gasteiger partial charge in [0.15, 0.2) is 0 Å². The summed E-state index contributed by atoms with van der Waals surface area (Å²) in [7, 11) is 0. The van der Waals surface area contributed by atoms with Crippen molar-refractivity contribution in [3.8, 4) is 5.75 Å². The van der Waals surface area contributed by atoms with Crippen LogP contribution < -0.4 is 4.74 Å². The van der Waals surface area contributed by atoms with Gasteiger partial charge in [-0.25, -0.2) is 5.01 Å². The quantitative estimate of drug-likeness (QED) is 0.603. The SMILES string of the molecule is Cc1ccc(C2=NN3C(C2)c2ccccc2OC3c2ccc(C)cc2)cc1. The Hall–Kier alpha value is -3.07. The van der Waals surface area contributed by atoms with Gasteiger partial charge in [0.1, 0.15) is 5.75 Å². The van der Waals surface area contributed by atoms with Crippen molar-refractivity contribution in [2.45, 2.75) is 32.5 Å². The Bertz CT molecular complexity index is 1010. The molecule has 2 aliphatic heterocycles. The van der Waals surface area contributed by atoms with Crippen LogP contribution in [0.15, 0.2) is 77.9 Å². The summed E-state index contributed by atoms with van der Waals surface area (Å²) in [6, 6.07) is 25.7. The van der Waals surface area contributed by atoms with Crippen molar-refractivity contribution in [3.63, 3.8) is 0 Å². The second-order valence-corrected chi connectivity index (χ2v) is 7.43. The number of rotatable bonds is 2. The van der Waals surface area contributed by atoms with Crippen molar-refractivity contribution >= 4 is 5.71 Å². The Morgan fingerprint density at radius 3 is 2.26 bits per heavy atom. The fraction of sp³-hybridized carbons (Fsp3) is 0.208. The average molecular weight is 354 g/mol. The van der Waals surface area contributed by atoms with E-state index in [0.717, 1.165) is 23.4 Å². The van der Waals surface area contributed by atoms with E-state index >= 15 is 0 Å². The first kappa shape index (κ1) is 16.1. The molecule has 3 aromatic carbocycles. The summed E-state index contributed by atoms with van der Waals surface area (Å²) < 4.78 is 6.39. The van der Waals surface area contributed by atoms with E-state index in [1.165, 1.54) is 22.3 Å². The number of hydrazone groups is 1. The molecule has 0 aliphatic carbocycles. The van der Waals surface area contributed by atoms with Crippen LogP contribution >= 0.6 is 0 Å². The highest BCUT2D eigenvalue weighted by atomic mass is 16.5. The highest BCUT2D eigenvalue weighted by molar-refractivity contribution is 6.02. The molecule has 134 valence electrons. The summed E-state index contributed by atoms with van der Waals surface area (Å²) in [4.78, 5) is 0. The van der Waals surface area contributed by atoms with E-state index in [1.54, 1.807) is 0 Å². The van der Waals surface area contributed by atoms with Crippen LogP contribution in [0.2, 0.25) is 0 Å². The molecule has 0 saturated heterocycles. The minimum atomic E-state index is -0.201. The lowest BCUT2D eigenvalue weighted by atomic mass is 9.95. The Morgan fingerprint density at radius 2 is 1.52 bits per heavy atom. The molecule has 2 atom stereocenters. The minimum absolute atomic E-state index is 0.201. The smallest absolute Gasteiger partial charge is 0.213 e. The molecular formula is C24H22N2O. The van der Waals surface area contributed by atoms with E-state index in [9.17, 15) is 0 Å². The number of ether oxygens (including phenoxy) is 1. The zero-order valence-electron chi connectivity index (χ0n) is 15.6. The van der Waals surface area contributed by atoms with E-state index in [4.69, 9.17) is 9.84 Å². The van der Waals surface area contributed by atoms with Gasteiger partial charge in [-0.1, -0.05) is 77.9 Å². The van der Waals surface area contributed by atoms with Crippen molar-refractivity contribution in [2.75, 3.05) is 0 Å². The highest BCUT2D eigenvalue weighted by Crippen LogP contribution is 2.47. The molecule has 0 spiro atoms. The largest absolute Gasteiger partial charge is 0.464 e. The molecule has 27 heavy (non-hydrogen) atoms. The maximum absolute atomic E-state index is 6.39. The van der Waals surface area contributed by atoms with Crippen molar-refractivity contribution < 1.29 is 4.74 Å². The summed E-state index contributed by atoms with van der Waals surface area (Å²) >= 11 is 0. The number of hydrogen-bond acceptors (Lipinski definition) is 3. The van der Waals surface area contributed by atoms with Crippen LogP contribution in [-0.4, -0.2) is 10.7 Å². The molecule has 2 heterocycles. The topological polar surface area (TPSA) is 24.8 Å². The average Bonchev–Trinajstić information content (AvgIpc) is 3.14. The van der Waals surface area contributed by atoms with Crippen LogP contribution in [0.25, 0.3) is 0 Å². The summed E-state index contributed by atoms with van der Waals surface area (Å²) in [6.45, 7) is 4.22. The molecule has 5 rings (SSSR count). The van der Waals surface area contributed by atoms with Gasteiger partial charge in [0.25, 0.3) is 0 Å². The number of benzene rings is 3. The van der Waals surface area contributed by atoms with Gasteiger partial charge >= 0.3 is 0 Å². The van der Waals surface area contributed by atoms with Gasteiger partial charge in [-0.15, -0.1) is 0 Å². The summed E-state index contributed by atoms with van der Waals surface area (Å²) in [6.07, 6.45) is 0.694. The van der Waals surface area contributed by atoms with E-state index in [0.29, 0.717) is 0 Å². The van der Waals surface area contributed by atoms with E-state index < -0.39 is 0 Å². The molecule has 0 bridgehead atoms. The standard InChI is InChI=1S/C24H22N2O/c1-16-7-11-18(12-8-16)21-15-22-20-5-3-4-6-23(20)27-24(26(22)25-21)19-13-9-17(2)10-14-19/h3-14,22,24H,15H2,1-2H3. The Labute approximate surface area is 159 Å². The number of aryl methyl sites for hydroxylation is 2. The van der Waals surface area contributed by atoms with Gasteiger partial charge in [-0.2, -0.15) is 5.10 Å². The molecule has 3 aromatic rings. The fourth-order valence-electron chi connectivity index (χ4n) is 3.91. The number of fused-ring (bicyclic) bond motifs is 3. The molecule has 3 nitrogen and oxygen atoms in total. The predicted octanol–water partition coefficient (Wildman–Crippen LogP) is 5.55. The first-order chi connectivity index (χ1) is 13.2. The summed E-state index contributed by atoms with van der Waals surface area (Å²) in [5, 5.41) is 7.16. The normalized spacial score (nSPS) is 20.5. The first-order valence-corrected chi connectivity index (χ1v) is 9.44. The zero-order chi connectivity index (χ0) is 18.4. The van der Waals surface area contributed by atoms with Gasteiger partial charge in [0.05, 0.1) is 11.8 Å². The van der Waals surface area contributed by atoms with Gasteiger partial charge in [0, 0.05) is 17.5 Å². The second-order valence-electron chi connectivity index (χ2n) is 7.43. The molecule has 0 radical (unpaired) electrons. The molecule has 0 N–H and O–H groups in total.